The molecule has 8 heteroatoms. The molecule has 0 aromatic carbocycles. The van der Waals surface area contributed by atoms with E-state index in [-0.39, 0.29) is 16.2 Å². The zero-order chi connectivity index (χ0) is 13.8. The molecule has 0 bridgehead atoms. The number of hydrogen-bond donors (Lipinski definition) is 3. The number of aromatic nitrogens is 2. The lowest BCUT2D eigenvalue weighted by atomic mass is 10.2. The summed E-state index contributed by atoms with van der Waals surface area (Å²) in [6.45, 7) is 0.602. The fourth-order valence-corrected chi connectivity index (χ4v) is 2.08. The van der Waals surface area contributed by atoms with Crippen LogP contribution in [-0.2, 0) is 13.0 Å². The molecule has 0 radical (unpaired) electrons. The molecular formula is C11H15N5O2S. The monoisotopic (exact) mass is 281 g/mol. The molecule has 1 aliphatic rings. The van der Waals surface area contributed by atoms with Crippen LogP contribution in [0, 0.1) is 0 Å². The van der Waals surface area contributed by atoms with Crippen LogP contribution in [0.2, 0.25) is 0 Å². The molecule has 0 aliphatic carbocycles. The number of nitrogens with zero attached hydrogens (tertiary/aromatic N) is 2. The highest BCUT2D eigenvalue weighted by Gasteiger charge is 2.17. The molecule has 4 N–H and O–H groups in total. The van der Waals surface area contributed by atoms with Crippen LogP contribution in [0.1, 0.15) is 35.4 Å². The number of hydrogen-bond acceptors (Lipinski definition) is 4. The maximum Gasteiger partial charge on any atom is 0.276 e. The molecule has 0 unspecified atom stereocenters. The van der Waals surface area contributed by atoms with E-state index in [4.69, 9.17) is 5.73 Å². The lowest BCUT2D eigenvalue weighted by Crippen LogP contribution is -2.46. The number of nitrogens with two attached hydrogens (primary N) is 1. The Balaban J connectivity index is 2.28. The summed E-state index contributed by atoms with van der Waals surface area (Å²) >= 11 is 4.56. The van der Waals surface area contributed by atoms with Crippen LogP contribution >= 0.6 is 12.2 Å². The van der Waals surface area contributed by atoms with E-state index >= 15 is 0 Å². The Hall–Kier alpha value is -1.96. The van der Waals surface area contributed by atoms with E-state index in [1.54, 1.807) is 4.57 Å². The van der Waals surface area contributed by atoms with E-state index < -0.39 is 5.91 Å². The van der Waals surface area contributed by atoms with Crippen LogP contribution in [-0.4, -0.2) is 20.6 Å². The molecule has 19 heavy (non-hydrogen) atoms. The molecule has 2 heterocycles. The molecule has 0 atom stereocenters. The molecule has 102 valence electrons. The van der Waals surface area contributed by atoms with Crippen LogP contribution in [0.3, 0.4) is 0 Å². The maximum atomic E-state index is 12.2. The van der Waals surface area contributed by atoms with Gasteiger partial charge in [0.2, 0.25) is 0 Å². The predicted octanol–water partition coefficient (Wildman–Crippen LogP) is -0.552. The highest BCUT2D eigenvalue weighted by atomic mass is 32.1. The standard InChI is InChI=1S/C11H15N5O2S/c12-11(19)15-14-9(17)7-6-13-8-4-2-1-3-5-16(8)10(7)18/h6H,1-5H2,(H,14,17)(H3,12,15,19). The van der Waals surface area contributed by atoms with Gasteiger partial charge in [0.25, 0.3) is 11.5 Å². The zero-order valence-electron chi connectivity index (χ0n) is 10.3. The molecule has 0 saturated carbocycles. The maximum absolute atomic E-state index is 12.2. The summed E-state index contributed by atoms with van der Waals surface area (Å²) in [7, 11) is 0. The van der Waals surface area contributed by atoms with Gasteiger partial charge in [0.15, 0.2) is 5.11 Å². The Morgan fingerprint density at radius 3 is 2.89 bits per heavy atom. The predicted molar refractivity (Wildman–Crippen MR) is 73.4 cm³/mol. The Morgan fingerprint density at radius 1 is 1.37 bits per heavy atom. The SMILES string of the molecule is NC(=S)NNC(=O)c1cnc2n(c1=O)CCCCC2. The molecule has 1 aliphatic heterocycles. The molecule has 2 rings (SSSR count). The number of fused-ring (bicyclic) bond motifs is 1. The van der Waals surface area contributed by atoms with Crippen molar-refractivity contribution >= 4 is 23.2 Å². The van der Waals surface area contributed by atoms with Crippen molar-refractivity contribution in [3.8, 4) is 0 Å². The lowest BCUT2D eigenvalue weighted by Gasteiger charge is -2.10. The van der Waals surface area contributed by atoms with Gasteiger partial charge in [-0.2, -0.15) is 0 Å². The number of aryl methyl sites for hydroxylation is 1. The van der Waals surface area contributed by atoms with Gasteiger partial charge < -0.3 is 5.73 Å². The van der Waals surface area contributed by atoms with E-state index in [1.165, 1.54) is 6.20 Å². The first-order chi connectivity index (χ1) is 9.09. The Kier molecular flexibility index (Phi) is 4.10. The van der Waals surface area contributed by atoms with Gasteiger partial charge in [0.05, 0.1) is 0 Å². The van der Waals surface area contributed by atoms with E-state index in [9.17, 15) is 9.59 Å². The minimum absolute atomic E-state index is 0.0191. The average Bonchev–Trinajstić information content (AvgIpc) is 2.62. The first kappa shape index (κ1) is 13.5. The second-order valence-corrected chi connectivity index (χ2v) is 4.74. The van der Waals surface area contributed by atoms with Crippen LogP contribution in [0.15, 0.2) is 11.0 Å². The van der Waals surface area contributed by atoms with Crippen molar-refractivity contribution in [2.45, 2.75) is 32.2 Å². The summed E-state index contributed by atoms with van der Waals surface area (Å²) < 4.78 is 1.57. The topological polar surface area (TPSA) is 102 Å². The van der Waals surface area contributed by atoms with Gasteiger partial charge in [-0.1, -0.05) is 6.42 Å². The number of hydrazine groups is 1. The number of rotatable bonds is 1. The minimum atomic E-state index is -0.593. The summed E-state index contributed by atoms with van der Waals surface area (Å²) in [5.74, 6) is 0.145. The van der Waals surface area contributed by atoms with Gasteiger partial charge in [-0.15, -0.1) is 0 Å². The molecule has 0 spiro atoms. The van der Waals surface area contributed by atoms with Crippen molar-refractivity contribution in [2.24, 2.45) is 5.73 Å². The second-order valence-electron chi connectivity index (χ2n) is 4.30. The van der Waals surface area contributed by atoms with E-state index in [0.717, 1.165) is 31.5 Å². The van der Waals surface area contributed by atoms with E-state index in [0.29, 0.717) is 6.54 Å². The molecule has 0 fully saturated rings. The number of thiocarbonyl (C=S) groups is 1. The number of amides is 1. The van der Waals surface area contributed by atoms with Crippen molar-refractivity contribution in [2.75, 3.05) is 0 Å². The summed E-state index contributed by atoms with van der Waals surface area (Å²) in [4.78, 5) is 28.2. The van der Waals surface area contributed by atoms with Crippen molar-refractivity contribution in [1.29, 1.82) is 0 Å². The average molecular weight is 281 g/mol. The van der Waals surface area contributed by atoms with Gasteiger partial charge in [-0.3, -0.25) is 25.0 Å². The lowest BCUT2D eigenvalue weighted by molar-refractivity contribution is 0.0941. The van der Waals surface area contributed by atoms with Crippen LogP contribution in [0.25, 0.3) is 0 Å². The van der Waals surface area contributed by atoms with Crippen LogP contribution < -0.4 is 22.1 Å². The molecular weight excluding hydrogens is 266 g/mol. The smallest absolute Gasteiger partial charge is 0.276 e. The Bertz CT molecular complexity index is 569. The third-order valence-corrected chi connectivity index (χ3v) is 3.06. The summed E-state index contributed by atoms with van der Waals surface area (Å²) in [6.07, 6.45) is 5.07. The van der Waals surface area contributed by atoms with Gasteiger partial charge in [0, 0.05) is 19.2 Å². The van der Waals surface area contributed by atoms with E-state index in [2.05, 4.69) is 28.1 Å². The van der Waals surface area contributed by atoms with Crippen molar-refractivity contribution in [3.63, 3.8) is 0 Å². The highest BCUT2D eigenvalue weighted by Crippen LogP contribution is 2.10. The zero-order valence-corrected chi connectivity index (χ0v) is 11.1. The Morgan fingerprint density at radius 2 is 2.16 bits per heavy atom. The fraction of sp³-hybridized carbons (Fsp3) is 0.455. The van der Waals surface area contributed by atoms with Gasteiger partial charge >= 0.3 is 0 Å². The van der Waals surface area contributed by atoms with Crippen molar-refractivity contribution in [1.82, 2.24) is 20.4 Å². The molecule has 1 amide bonds. The summed E-state index contributed by atoms with van der Waals surface area (Å²) in [5.41, 5.74) is 9.40. The first-order valence-corrected chi connectivity index (χ1v) is 6.45. The van der Waals surface area contributed by atoms with Crippen LogP contribution in [0.4, 0.5) is 0 Å². The minimum Gasteiger partial charge on any atom is -0.375 e. The Labute approximate surface area is 115 Å². The summed E-state index contributed by atoms with van der Waals surface area (Å²) in [5, 5.41) is -0.0730. The first-order valence-electron chi connectivity index (χ1n) is 6.04. The number of carbonyl (C=O) groups excluding carboxylic acids is 1. The second kappa shape index (κ2) is 5.79. The third kappa shape index (κ3) is 3.08. The van der Waals surface area contributed by atoms with Crippen LogP contribution in [0.5, 0.6) is 0 Å². The van der Waals surface area contributed by atoms with Gasteiger partial charge in [-0.25, -0.2) is 4.98 Å². The normalized spacial score (nSPS) is 14.1. The van der Waals surface area contributed by atoms with Crippen molar-refractivity contribution in [3.05, 3.63) is 27.9 Å². The van der Waals surface area contributed by atoms with E-state index in [1.807, 2.05) is 0 Å². The molecule has 1 aromatic rings. The quantitative estimate of drug-likeness (QED) is 0.471. The highest BCUT2D eigenvalue weighted by molar-refractivity contribution is 7.80. The molecule has 1 aromatic heterocycles. The summed E-state index contributed by atoms with van der Waals surface area (Å²) in [6, 6.07) is 0. The fourth-order valence-electron chi connectivity index (χ4n) is 2.03. The largest absolute Gasteiger partial charge is 0.375 e. The molecule has 0 saturated heterocycles. The van der Waals surface area contributed by atoms with Crippen molar-refractivity contribution < 1.29 is 4.79 Å². The molecule has 7 nitrogen and oxygen atoms in total. The number of nitrogens with one attached hydrogen (secondary N) is 2. The van der Waals surface area contributed by atoms with Gasteiger partial charge in [-0.05, 0) is 25.1 Å². The number of carbonyl (C=O) groups is 1. The third-order valence-electron chi connectivity index (χ3n) is 2.96. The van der Waals surface area contributed by atoms with Gasteiger partial charge in [0.1, 0.15) is 11.4 Å².